The fourth-order valence-corrected chi connectivity index (χ4v) is 10.4. The van der Waals surface area contributed by atoms with Gasteiger partial charge in [0.25, 0.3) is 5.91 Å². The van der Waals surface area contributed by atoms with Crippen molar-refractivity contribution in [2.45, 2.75) is 194 Å². The molecule has 3 heterocycles. The van der Waals surface area contributed by atoms with Crippen LogP contribution in [0.15, 0.2) is 24.3 Å². The van der Waals surface area contributed by atoms with Gasteiger partial charge in [-0.15, -0.1) is 0 Å². The first-order chi connectivity index (χ1) is 36.5. The zero-order valence-corrected chi connectivity index (χ0v) is 48.1. The Hall–Kier alpha value is -6.16. The van der Waals surface area contributed by atoms with Gasteiger partial charge in [-0.1, -0.05) is 67.5 Å². The third kappa shape index (κ3) is 16.5. The molecule has 22 heteroatoms. The van der Waals surface area contributed by atoms with E-state index in [9.17, 15) is 58.2 Å². The lowest BCUT2D eigenvalue weighted by molar-refractivity contribution is -0.163. The molecular weight excluding hydrogens is 1010 g/mol. The highest BCUT2D eigenvalue weighted by Crippen LogP contribution is 2.27. The molecule has 0 radical (unpaired) electrons. The minimum absolute atomic E-state index is 0.0711. The molecule has 0 aliphatic carbocycles. The highest BCUT2D eigenvalue weighted by molar-refractivity contribution is 6.05. The van der Waals surface area contributed by atoms with E-state index in [2.05, 4.69) is 16.0 Å². The van der Waals surface area contributed by atoms with Gasteiger partial charge >= 0.3 is 11.9 Å². The molecule has 0 bridgehead atoms. The Morgan fingerprint density at radius 2 is 1.46 bits per heavy atom. The van der Waals surface area contributed by atoms with Crippen molar-refractivity contribution >= 4 is 59.1 Å². The van der Waals surface area contributed by atoms with Gasteiger partial charge in [0.15, 0.2) is 11.9 Å². The molecule has 436 valence electrons. The number of aliphatic hydroxyl groups is 2. The number of nitrogens with zero attached hydrogens (tertiary/aromatic N) is 4. The van der Waals surface area contributed by atoms with Gasteiger partial charge in [0.2, 0.25) is 35.4 Å². The van der Waals surface area contributed by atoms with Gasteiger partial charge in [-0.2, -0.15) is 0 Å². The summed E-state index contributed by atoms with van der Waals surface area (Å²) in [4.78, 5) is 148. The number of nitrogens with one attached hydrogen (secondary N) is 3. The van der Waals surface area contributed by atoms with E-state index in [1.165, 1.54) is 61.6 Å². The van der Waals surface area contributed by atoms with Crippen molar-refractivity contribution in [1.82, 2.24) is 35.6 Å². The van der Waals surface area contributed by atoms with Crippen LogP contribution in [-0.4, -0.2) is 190 Å². The average molecular weight is 1100 g/mol. The van der Waals surface area contributed by atoms with Crippen molar-refractivity contribution in [1.29, 1.82) is 0 Å². The van der Waals surface area contributed by atoms with Crippen LogP contribution in [-0.2, 0) is 63.8 Å². The summed E-state index contributed by atoms with van der Waals surface area (Å²) in [6, 6.07) is -2.21. The number of ketones is 1. The summed E-state index contributed by atoms with van der Waals surface area (Å²) in [7, 11) is 4.28. The summed E-state index contributed by atoms with van der Waals surface area (Å²) in [5.41, 5.74) is 0.569. The molecule has 0 aromatic heterocycles. The number of rotatable bonds is 14. The smallest absolute Gasteiger partial charge is 0.329 e. The van der Waals surface area contributed by atoms with Crippen LogP contribution in [0.1, 0.15) is 127 Å². The predicted octanol–water partition coefficient (Wildman–Crippen LogP) is 1.93. The molecule has 12 atom stereocenters. The lowest BCUT2D eigenvalue weighted by Gasteiger charge is -2.36. The number of aliphatic hydroxyl groups excluding tert-OH is 2. The Labute approximate surface area is 459 Å². The Bertz CT molecular complexity index is 2310. The second kappa shape index (κ2) is 28.6. The fraction of sp³-hybridized carbons (Fsp3) is 0.714. The van der Waals surface area contributed by atoms with Crippen LogP contribution in [0.5, 0.6) is 5.75 Å². The third-order valence-electron chi connectivity index (χ3n) is 14.9. The molecule has 3 aliphatic rings. The zero-order chi connectivity index (χ0) is 58.6. The topological polar surface area (TPSA) is 288 Å². The maximum Gasteiger partial charge on any atom is 0.329 e. The highest BCUT2D eigenvalue weighted by atomic mass is 16.6. The molecule has 7 amide bonds. The van der Waals surface area contributed by atoms with Gasteiger partial charge in [-0.3, -0.25) is 43.2 Å². The molecular formula is C56H87N7O15. The van der Waals surface area contributed by atoms with Crippen LogP contribution < -0.4 is 20.7 Å². The number of benzene rings is 1. The lowest BCUT2D eigenvalue weighted by atomic mass is 9.92. The number of likely N-dealkylation sites (tertiary alicyclic amines) is 1. The van der Waals surface area contributed by atoms with Crippen LogP contribution in [0.4, 0.5) is 0 Å². The van der Waals surface area contributed by atoms with Crippen molar-refractivity contribution in [3.05, 3.63) is 29.8 Å². The van der Waals surface area contributed by atoms with E-state index >= 15 is 0 Å². The molecule has 3 aliphatic heterocycles. The largest absolute Gasteiger partial charge is 0.497 e. The van der Waals surface area contributed by atoms with Gasteiger partial charge in [0, 0.05) is 33.6 Å². The molecule has 22 nitrogen and oxygen atoms in total. The number of esters is 2. The minimum Gasteiger partial charge on any atom is -0.497 e. The molecule has 5 N–H and O–H groups in total. The first kappa shape index (κ1) is 64.4. The first-order valence-electron chi connectivity index (χ1n) is 27.5. The molecule has 1 aromatic rings. The number of carbonyl (C=O) groups is 10. The summed E-state index contributed by atoms with van der Waals surface area (Å²) in [6.45, 7) is 18.2. The van der Waals surface area contributed by atoms with Crippen LogP contribution in [0.2, 0.25) is 0 Å². The Kier molecular flexibility index (Phi) is 23.6. The van der Waals surface area contributed by atoms with Crippen molar-refractivity contribution in [3.63, 3.8) is 0 Å². The van der Waals surface area contributed by atoms with E-state index in [-0.39, 0.29) is 57.0 Å². The SMILES string of the molecule is COc1ccc(C[C@H]2C(=O)O[C@H](C)C(NC(=O)[C@H](CC(C)C)N(C)C(=O)C3CCCN3C(=O)[C@@H](C)O)C(=O)NC(C(C)C)[C@H](O)CC(=O)O[C@@H](C(C)C)C(=O)[C@H](C)C(=O)N[C@@H](CC(C)C)C(=O)N3CCC[C@H]3C(=O)N2C)cc1. The molecule has 3 fully saturated rings. The number of amides is 7. The van der Waals surface area contributed by atoms with Crippen LogP contribution >= 0.6 is 0 Å². The average Bonchev–Trinajstić information content (AvgIpc) is 4.08. The second-order valence-electron chi connectivity index (χ2n) is 22.8. The number of hydrogen-bond acceptors (Lipinski definition) is 15. The zero-order valence-electron chi connectivity index (χ0n) is 48.1. The van der Waals surface area contributed by atoms with E-state index < -0.39 is 150 Å². The highest BCUT2D eigenvalue weighted by Gasteiger charge is 2.46. The first-order valence-corrected chi connectivity index (χ1v) is 27.5. The van der Waals surface area contributed by atoms with Crippen LogP contribution in [0, 0.1) is 29.6 Å². The molecule has 0 saturated carbocycles. The van der Waals surface area contributed by atoms with E-state index in [0.717, 1.165) is 0 Å². The van der Waals surface area contributed by atoms with Crippen LogP contribution in [0.25, 0.3) is 0 Å². The summed E-state index contributed by atoms with van der Waals surface area (Å²) in [5.74, 6) is -10.3. The van der Waals surface area contributed by atoms with Crippen molar-refractivity contribution in [3.8, 4) is 5.75 Å². The fourth-order valence-electron chi connectivity index (χ4n) is 10.4. The van der Waals surface area contributed by atoms with Crippen molar-refractivity contribution in [2.24, 2.45) is 29.6 Å². The lowest BCUT2D eigenvalue weighted by Crippen LogP contribution is -2.62. The Balaban J connectivity index is 1.87. The summed E-state index contributed by atoms with van der Waals surface area (Å²) < 4.78 is 17.2. The van der Waals surface area contributed by atoms with Gasteiger partial charge in [-0.25, -0.2) is 4.79 Å². The number of Topliss-reactive ketones (excluding diaryl/α,β-unsaturated/α-hetero) is 1. The molecule has 0 spiro atoms. The van der Waals surface area contributed by atoms with Crippen molar-refractivity contribution < 1.29 is 72.4 Å². The number of likely N-dealkylation sites (N-methyl/N-ethyl adjacent to an activating group) is 2. The predicted molar refractivity (Wildman–Crippen MR) is 286 cm³/mol. The third-order valence-corrected chi connectivity index (χ3v) is 14.9. The maximum absolute atomic E-state index is 14.9. The van der Waals surface area contributed by atoms with Crippen LogP contribution in [0.3, 0.4) is 0 Å². The van der Waals surface area contributed by atoms with Gasteiger partial charge in [-0.05, 0) is 101 Å². The maximum atomic E-state index is 14.9. The van der Waals surface area contributed by atoms with E-state index in [4.69, 9.17) is 14.2 Å². The number of fused-ring (bicyclic) bond motifs is 1. The number of carbonyl (C=O) groups excluding carboxylic acids is 10. The number of ether oxygens (including phenoxy) is 3. The molecule has 4 rings (SSSR count). The Morgan fingerprint density at radius 1 is 0.833 bits per heavy atom. The number of cyclic esters (lactones) is 2. The summed E-state index contributed by atoms with van der Waals surface area (Å²) in [5, 5.41) is 30.0. The minimum atomic E-state index is -1.76. The van der Waals surface area contributed by atoms with Gasteiger partial charge in [0.1, 0.15) is 54.2 Å². The summed E-state index contributed by atoms with van der Waals surface area (Å²) >= 11 is 0. The number of methoxy groups -OCH3 is 1. The van der Waals surface area contributed by atoms with Crippen molar-refractivity contribution in [2.75, 3.05) is 34.3 Å². The van der Waals surface area contributed by atoms with Gasteiger partial charge < -0.3 is 60.0 Å². The van der Waals surface area contributed by atoms with E-state index in [1.807, 2.05) is 27.7 Å². The Morgan fingerprint density at radius 3 is 2.03 bits per heavy atom. The van der Waals surface area contributed by atoms with E-state index in [0.29, 0.717) is 24.2 Å². The molecule has 1 aromatic carbocycles. The molecule has 78 heavy (non-hydrogen) atoms. The summed E-state index contributed by atoms with van der Waals surface area (Å²) in [6.07, 6.45) is -5.36. The van der Waals surface area contributed by atoms with E-state index in [1.54, 1.807) is 52.0 Å². The second-order valence-corrected chi connectivity index (χ2v) is 22.8. The van der Waals surface area contributed by atoms with Gasteiger partial charge in [0.05, 0.1) is 31.6 Å². The molecule has 3 saturated heterocycles. The number of hydrogen-bond donors (Lipinski definition) is 5. The normalized spacial score (nSPS) is 27.5. The molecule has 3 unspecified atom stereocenters. The quantitative estimate of drug-likeness (QED) is 0.131. The standard InChI is InChI=1S/C56H87N7O15/c1-29(2)25-38-53(72)63-24-16-18-40(63)55(74)61(13)42(27-36-19-21-37(76-14)22-20-36)56(75)77-35(11)46(59-50(69)41(26-30(3)4)60(12)54(73)39-17-15-23-62(39)52(71)34(10)64)51(70)58-45(31(5)6)43(65)28-44(66)78-48(32(7)8)47(67)33(9)49(68)57-38/h19-22,29-35,38-43,45-46,48,64-65H,15-18,23-28H2,1-14H3,(H,57,68)(H,58,70)(H,59,69)/t33-,34+,35+,38-,39?,40-,41-,42-,43+,45?,46?,48-/m0/s1. The monoisotopic (exact) mass is 1100 g/mol.